The lowest BCUT2D eigenvalue weighted by Gasteiger charge is -2.20. The number of fused-ring (bicyclic) bond motifs is 1. The summed E-state index contributed by atoms with van der Waals surface area (Å²) < 4.78 is 12.3. The number of aryl methyl sites for hydroxylation is 2. The summed E-state index contributed by atoms with van der Waals surface area (Å²) in [5.41, 5.74) is 3.82. The van der Waals surface area contributed by atoms with Crippen molar-refractivity contribution in [1.29, 1.82) is 0 Å². The van der Waals surface area contributed by atoms with Gasteiger partial charge in [-0.3, -0.25) is 4.21 Å². The zero-order valence-electron chi connectivity index (χ0n) is 11.6. The number of benzene rings is 1. The molecule has 1 aliphatic rings. The van der Waals surface area contributed by atoms with Crippen molar-refractivity contribution in [3.05, 3.63) is 28.8 Å². The van der Waals surface area contributed by atoms with Crippen molar-refractivity contribution in [3.63, 3.8) is 0 Å². The van der Waals surface area contributed by atoms with Crippen molar-refractivity contribution >= 4 is 10.8 Å². The van der Waals surface area contributed by atoms with Crippen LogP contribution < -0.4 is 5.32 Å². The summed E-state index contributed by atoms with van der Waals surface area (Å²) in [4.78, 5) is 1.06. The molecule has 2 unspecified atom stereocenters. The number of hydrogen-bond donors (Lipinski definition) is 1. The first-order chi connectivity index (χ1) is 8.63. The quantitative estimate of drug-likeness (QED) is 0.909. The van der Waals surface area contributed by atoms with Crippen molar-refractivity contribution in [2.45, 2.75) is 51.0 Å². The highest BCUT2D eigenvalue weighted by atomic mass is 32.2. The molecule has 1 aromatic carbocycles. The molecule has 1 heterocycles. The van der Waals surface area contributed by atoms with Crippen LogP contribution in [0.25, 0.3) is 0 Å². The molecule has 2 nitrogen and oxygen atoms in total. The Hall–Kier alpha value is -0.670. The summed E-state index contributed by atoms with van der Waals surface area (Å²) >= 11 is 0. The van der Waals surface area contributed by atoms with Crippen LogP contribution in [0, 0.1) is 13.8 Å². The largest absolute Gasteiger partial charge is 0.310 e. The van der Waals surface area contributed by atoms with Crippen molar-refractivity contribution in [3.8, 4) is 0 Å². The normalized spacial score (nSPS) is 23.5. The molecule has 0 fully saturated rings. The fourth-order valence-electron chi connectivity index (χ4n) is 2.50. The van der Waals surface area contributed by atoms with Crippen molar-refractivity contribution in [2.75, 3.05) is 12.3 Å². The van der Waals surface area contributed by atoms with E-state index >= 15 is 0 Å². The predicted octanol–water partition coefficient (Wildman–Crippen LogP) is 3.25. The van der Waals surface area contributed by atoms with Gasteiger partial charge in [-0.05, 0) is 62.4 Å². The zero-order valence-corrected chi connectivity index (χ0v) is 12.4. The van der Waals surface area contributed by atoms with E-state index in [0.29, 0.717) is 6.04 Å². The van der Waals surface area contributed by atoms with E-state index in [1.165, 1.54) is 16.7 Å². The molecule has 0 spiro atoms. The zero-order chi connectivity index (χ0) is 13.1. The van der Waals surface area contributed by atoms with Crippen LogP contribution in [0.5, 0.6) is 0 Å². The Morgan fingerprint density at radius 2 is 2.06 bits per heavy atom. The Morgan fingerprint density at radius 1 is 1.33 bits per heavy atom. The van der Waals surface area contributed by atoms with Gasteiger partial charge in [0.1, 0.15) is 0 Å². The molecular weight excluding hydrogens is 242 g/mol. The van der Waals surface area contributed by atoms with Crippen molar-refractivity contribution in [1.82, 2.24) is 5.32 Å². The van der Waals surface area contributed by atoms with Gasteiger partial charge in [-0.25, -0.2) is 0 Å². The summed E-state index contributed by atoms with van der Waals surface area (Å²) in [5, 5.41) is 3.60. The number of hydrogen-bond acceptors (Lipinski definition) is 2. The van der Waals surface area contributed by atoms with Crippen LogP contribution >= 0.6 is 0 Å². The van der Waals surface area contributed by atoms with E-state index in [4.69, 9.17) is 0 Å². The van der Waals surface area contributed by atoms with Crippen LogP contribution in [0.15, 0.2) is 17.0 Å². The lowest BCUT2D eigenvalue weighted by Crippen LogP contribution is -2.22. The molecule has 100 valence electrons. The van der Waals surface area contributed by atoms with Crippen LogP contribution in [0.2, 0.25) is 0 Å². The summed E-state index contributed by atoms with van der Waals surface area (Å²) in [7, 11) is -0.817. The maximum absolute atomic E-state index is 12.3. The molecule has 0 saturated heterocycles. The van der Waals surface area contributed by atoms with Gasteiger partial charge in [-0.1, -0.05) is 13.0 Å². The van der Waals surface area contributed by atoms with Gasteiger partial charge in [-0.2, -0.15) is 0 Å². The fraction of sp³-hybridized carbons (Fsp3) is 0.600. The van der Waals surface area contributed by atoms with E-state index in [9.17, 15) is 4.21 Å². The smallest absolute Gasteiger partial charge is 0.0533 e. The molecule has 0 saturated carbocycles. The molecule has 0 radical (unpaired) electrons. The number of rotatable bonds is 3. The second-order valence-electron chi connectivity index (χ2n) is 5.17. The molecule has 0 amide bonds. The molecule has 0 aliphatic carbocycles. The third kappa shape index (κ3) is 2.83. The van der Waals surface area contributed by atoms with E-state index in [1.807, 2.05) is 0 Å². The second-order valence-corrected chi connectivity index (χ2v) is 6.71. The maximum atomic E-state index is 12.3. The molecule has 3 heteroatoms. The first-order valence-electron chi connectivity index (χ1n) is 6.86. The summed E-state index contributed by atoms with van der Waals surface area (Å²) in [5.74, 6) is 0.805. The van der Waals surface area contributed by atoms with Crippen LogP contribution in [0.1, 0.15) is 48.9 Å². The molecule has 1 aliphatic heterocycles. The fourth-order valence-corrected chi connectivity index (χ4v) is 3.92. The molecule has 0 aromatic heterocycles. The van der Waals surface area contributed by atoms with Crippen molar-refractivity contribution in [2.24, 2.45) is 0 Å². The summed E-state index contributed by atoms with van der Waals surface area (Å²) in [6, 6.07) is 4.75. The van der Waals surface area contributed by atoms with E-state index in [0.717, 1.165) is 36.5 Å². The molecule has 2 atom stereocenters. The first kappa shape index (κ1) is 13.8. The minimum atomic E-state index is -0.817. The average molecular weight is 265 g/mol. The Bertz CT molecular complexity index is 456. The van der Waals surface area contributed by atoms with Gasteiger partial charge < -0.3 is 5.32 Å². The Labute approximate surface area is 113 Å². The SMILES string of the molecule is CCCNC1CCCS(=O)c2cc(C)c(C)cc21. The molecule has 2 rings (SSSR count). The molecule has 1 aromatic rings. The maximum Gasteiger partial charge on any atom is 0.0533 e. The monoisotopic (exact) mass is 265 g/mol. The van der Waals surface area contributed by atoms with Gasteiger partial charge in [-0.15, -0.1) is 0 Å². The average Bonchev–Trinajstić information content (AvgIpc) is 2.49. The Morgan fingerprint density at radius 3 is 2.78 bits per heavy atom. The van der Waals surface area contributed by atoms with Gasteiger partial charge in [0, 0.05) is 16.7 Å². The summed E-state index contributed by atoms with van der Waals surface area (Å²) in [6.45, 7) is 7.46. The molecule has 0 bridgehead atoms. The van der Waals surface area contributed by atoms with Gasteiger partial charge in [0.25, 0.3) is 0 Å². The minimum Gasteiger partial charge on any atom is -0.310 e. The first-order valence-corrected chi connectivity index (χ1v) is 8.18. The van der Waals surface area contributed by atoms with Crippen LogP contribution in [-0.4, -0.2) is 16.5 Å². The molecule has 18 heavy (non-hydrogen) atoms. The number of nitrogens with one attached hydrogen (secondary N) is 1. The lowest BCUT2D eigenvalue weighted by molar-refractivity contribution is 0.493. The Balaban J connectivity index is 2.41. The van der Waals surface area contributed by atoms with Gasteiger partial charge in [0.2, 0.25) is 0 Å². The molecule has 1 N–H and O–H groups in total. The highest BCUT2D eigenvalue weighted by molar-refractivity contribution is 7.85. The Kier molecular flexibility index (Phi) is 4.57. The van der Waals surface area contributed by atoms with Crippen molar-refractivity contribution < 1.29 is 4.21 Å². The lowest BCUT2D eigenvalue weighted by atomic mass is 9.98. The summed E-state index contributed by atoms with van der Waals surface area (Å²) in [6.07, 6.45) is 3.28. The standard InChI is InChI=1S/C15H23NOS/c1-4-7-16-14-6-5-8-18(17)15-10-12(3)11(2)9-13(14)15/h9-10,14,16H,4-8H2,1-3H3. The third-order valence-corrected chi connectivity index (χ3v) is 5.21. The van der Waals surface area contributed by atoms with Crippen LogP contribution in [-0.2, 0) is 10.8 Å². The van der Waals surface area contributed by atoms with Gasteiger partial charge in [0.15, 0.2) is 0 Å². The third-order valence-electron chi connectivity index (χ3n) is 3.71. The van der Waals surface area contributed by atoms with E-state index < -0.39 is 10.8 Å². The predicted molar refractivity (Wildman–Crippen MR) is 77.5 cm³/mol. The van der Waals surface area contributed by atoms with E-state index in [2.05, 4.69) is 38.2 Å². The minimum absolute atomic E-state index is 0.380. The second kappa shape index (κ2) is 5.98. The highest BCUT2D eigenvalue weighted by Gasteiger charge is 2.22. The van der Waals surface area contributed by atoms with E-state index in [1.54, 1.807) is 0 Å². The van der Waals surface area contributed by atoms with E-state index in [-0.39, 0.29) is 0 Å². The van der Waals surface area contributed by atoms with Gasteiger partial charge >= 0.3 is 0 Å². The topological polar surface area (TPSA) is 29.1 Å². The molecular formula is C15H23NOS. The van der Waals surface area contributed by atoms with Crippen LogP contribution in [0.3, 0.4) is 0 Å². The van der Waals surface area contributed by atoms with Gasteiger partial charge in [0.05, 0.1) is 10.8 Å². The van der Waals surface area contributed by atoms with Crippen LogP contribution in [0.4, 0.5) is 0 Å². The highest BCUT2D eigenvalue weighted by Crippen LogP contribution is 2.31.